The summed E-state index contributed by atoms with van der Waals surface area (Å²) in [6, 6.07) is 27.5. The second-order valence-electron chi connectivity index (χ2n) is 7.99. The average Bonchev–Trinajstić information content (AvgIpc) is 2.85. The number of para-hydroxylation sites is 1. The molecule has 2 amide bonds. The van der Waals surface area contributed by atoms with Crippen LogP contribution in [-0.2, 0) is 4.79 Å². The van der Waals surface area contributed by atoms with Crippen LogP contribution >= 0.6 is 0 Å². The van der Waals surface area contributed by atoms with E-state index < -0.39 is 0 Å². The van der Waals surface area contributed by atoms with Gasteiger partial charge in [-0.1, -0.05) is 60.7 Å². The maximum absolute atomic E-state index is 12.9. The van der Waals surface area contributed by atoms with Crippen molar-refractivity contribution in [1.82, 2.24) is 10.2 Å². The Morgan fingerprint density at radius 1 is 0.812 bits per heavy atom. The first kappa shape index (κ1) is 21.6. The van der Waals surface area contributed by atoms with Crippen molar-refractivity contribution < 1.29 is 14.3 Å². The van der Waals surface area contributed by atoms with Gasteiger partial charge in [-0.15, -0.1) is 0 Å². The molecule has 0 aliphatic carbocycles. The number of piperidine rings is 1. The fraction of sp³-hybridized carbons (Fsp3) is 0.259. The van der Waals surface area contributed by atoms with E-state index in [0.29, 0.717) is 31.7 Å². The second-order valence-corrected chi connectivity index (χ2v) is 7.99. The molecule has 0 spiro atoms. The normalized spacial score (nSPS) is 14.1. The number of amides is 2. The SMILES string of the molecule is O=C(CCOc1ccccc1)NC1CCN(C(=O)c2ccc(-c3ccccc3)cc2)CC1. The summed E-state index contributed by atoms with van der Waals surface area (Å²) in [6.45, 7) is 1.64. The van der Waals surface area contributed by atoms with Crippen LogP contribution in [0.15, 0.2) is 84.9 Å². The summed E-state index contributed by atoms with van der Waals surface area (Å²) >= 11 is 0. The molecule has 5 nitrogen and oxygen atoms in total. The van der Waals surface area contributed by atoms with E-state index in [1.165, 1.54) is 0 Å². The van der Waals surface area contributed by atoms with Crippen LogP contribution in [0.4, 0.5) is 0 Å². The van der Waals surface area contributed by atoms with Gasteiger partial charge in [0.2, 0.25) is 5.91 Å². The lowest BCUT2D eigenvalue weighted by Crippen LogP contribution is -2.46. The lowest BCUT2D eigenvalue weighted by Gasteiger charge is -2.32. The number of benzene rings is 3. The van der Waals surface area contributed by atoms with Gasteiger partial charge >= 0.3 is 0 Å². The molecule has 0 saturated carbocycles. The molecule has 0 unspecified atom stereocenters. The highest BCUT2D eigenvalue weighted by molar-refractivity contribution is 5.94. The van der Waals surface area contributed by atoms with Crippen molar-refractivity contribution in [3.63, 3.8) is 0 Å². The number of nitrogens with one attached hydrogen (secondary N) is 1. The number of ether oxygens (including phenoxy) is 1. The third-order valence-corrected chi connectivity index (χ3v) is 5.73. The smallest absolute Gasteiger partial charge is 0.253 e. The predicted octanol–water partition coefficient (Wildman–Crippen LogP) is 4.54. The zero-order valence-electron chi connectivity index (χ0n) is 18.1. The van der Waals surface area contributed by atoms with E-state index in [1.807, 2.05) is 77.7 Å². The molecule has 0 bridgehead atoms. The average molecular weight is 429 g/mol. The summed E-state index contributed by atoms with van der Waals surface area (Å²) in [6.07, 6.45) is 1.85. The van der Waals surface area contributed by atoms with Crippen molar-refractivity contribution in [3.8, 4) is 16.9 Å². The van der Waals surface area contributed by atoms with Gasteiger partial charge in [0.1, 0.15) is 5.75 Å². The summed E-state index contributed by atoms with van der Waals surface area (Å²) < 4.78 is 5.59. The maximum atomic E-state index is 12.9. The summed E-state index contributed by atoms with van der Waals surface area (Å²) in [5.74, 6) is 0.803. The van der Waals surface area contributed by atoms with Crippen LogP contribution < -0.4 is 10.1 Å². The van der Waals surface area contributed by atoms with E-state index in [-0.39, 0.29) is 17.9 Å². The zero-order chi connectivity index (χ0) is 22.2. The Kier molecular flexibility index (Phi) is 7.18. The second kappa shape index (κ2) is 10.6. The number of carbonyl (C=O) groups is 2. The van der Waals surface area contributed by atoms with Crippen molar-refractivity contribution in [2.24, 2.45) is 0 Å². The third kappa shape index (κ3) is 5.76. The number of likely N-dealkylation sites (tertiary alicyclic amines) is 1. The van der Waals surface area contributed by atoms with Gasteiger partial charge in [-0.05, 0) is 48.2 Å². The summed E-state index contributed by atoms with van der Waals surface area (Å²) in [7, 11) is 0. The molecule has 0 aromatic heterocycles. The van der Waals surface area contributed by atoms with E-state index >= 15 is 0 Å². The predicted molar refractivity (Wildman–Crippen MR) is 126 cm³/mol. The molecule has 3 aromatic carbocycles. The highest BCUT2D eigenvalue weighted by Crippen LogP contribution is 2.21. The van der Waals surface area contributed by atoms with Crippen LogP contribution in [0, 0.1) is 0 Å². The highest BCUT2D eigenvalue weighted by Gasteiger charge is 2.24. The van der Waals surface area contributed by atoms with Crippen molar-refractivity contribution in [3.05, 3.63) is 90.5 Å². The Hall–Kier alpha value is -3.60. The Bertz CT molecular complexity index is 1010. The molecule has 1 N–H and O–H groups in total. The van der Waals surface area contributed by atoms with Crippen molar-refractivity contribution >= 4 is 11.8 Å². The van der Waals surface area contributed by atoms with Gasteiger partial charge in [0.25, 0.3) is 5.91 Å². The Labute approximate surface area is 189 Å². The van der Waals surface area contributed by atoms with Crippen molar-refractivity contribution in [2.75, 3.05) is 19.7 Å². The lowest BCUT2D eigenvalue weighted by atomic mass is 10.0. The molecule has 1 fully saturated rings. The minimum Gasteiger partial charge on any atom is -0.493 e. The molecule has 0 atom stereocenters. The van der Waals surface area contributed by atoms with Crippen LogP contribution in [0.2, 0.25) is 0 Å². The molecule has 1 aliphatic heterocycles. The van der Waals surface area contributed by atoms with E-state index in [9.17, 15) is 9.59 Å². The number of hydrogen-bond donors (Lipinski definition) is 1. The Morgan fingerprint density at radius 3 is 2.06 bits per heavy atom. The molecular weight excluding hydrogens is 400 g/mol. The summed E-state index contributed by atoms with van der Waals surface area (Å²) in [5, 5.41) is 3.07. The first-order chi connectivity index (χ1) is 15.7. The molecule has 1 saturated heterocycles. The lowest BCUT2D eigenvalue weighted by molar-refractivity contribution is -0.122. The topological polar surface area (TPSA) is 58.6 Å². The van der Waals surface area contributed by atoms with Crippen LogP contribution in [-0.4, -0.2) is 42.5 Å². The molecule has 4 rings (SSSR count). The Balaban J connectivity index is 1.21. The fourth-order valence-electron chi connectivity index (χ4n) is 3.92. The number of carbonyl (C=O) groups excluding carboxylic acids is 2. The van der Waals surface area contributed by atoms with Gasteiger partial charge < -0.3 is 15.0 Å². The number of hydrogen-bond acceptors (Lipinski definition) is 3. The van der Waals surface area contributed by atoms with Crippen LogP contribution in [0.5, 0.6) is 5.75 Å². The van der Waals surface area contributed by atoms with Crippen molar-refractivity contribution in [1.29, 1.82) is 0 Å². The highest BCUT2D eigenvalue weighted by atomic mass is 16.5. The van der Waals surface area contributed by atoms with Crippen LogP contribution in [0.1, 0.15) is 29.6 Å². The van der Waals surface area contributed by atoms with Crippen LogP contribution in [0.25, 0.3) is 11.1 Å². The van der Waals surface area contributed by atoms with E-state index in [1.54, 1.807) is 0 Å². The van der Waals surface area contributed by atoms with Gasteiger partial charge in [0.05, 0.1) is 13.0 Å². The maximum Gasteiger partial charge on any atom is 0.253 e. The Morgan fingerprint density at radius 2 is 1.41 bits per heavy atom. The van der Waals surface area contributed by atoms with Crippen LogP contribution in [0.3, 0.4) is 0 Å². The van der Waals surface area contributed by atoms with Gasteiger partial charge in [0.15, 0.2) is 0 Å². The third-order valence-electron chi connectivity index (χ3n) is 5.73. The van der Waals surface area contributed by atoms with E-state index in [0.717, 1.165) is 29.7 Å². The summed E-state index contributed by atoms with van der Waals surface area (Å²) in [5.41, 5.74) is 2.93. The quantitative estimate of drug-likeness (QED) is 0.601. The minimum atomic E-state index is -0.0118. The summed E-state index contributed by atoms with van der Waals surface area (Å²) in [4.78, 5) is 27.0. The minimum absolute atomic E-state index is 0.0118. The number of rotatable bonds is 7. The largest absolute Gasteiger partial charge is 0.493 e. The van der Waals surface area contributed by atoms with Gasteiger partial charge in [-0.25, -0.2) is 0 Å². The molecule has 164 valence electrons. The molecular formula is C27H28N2O3. The monoisotopic (exact) mass is 428 g/mol. The zero-order valence-corrected chi connectivity index (χ0v) is 18.1. The first-order valence-electron chi connectivity index (χ1n) is 11.1. The fourth-order valence-corrected chi connectivity index (χ4v) is 3.92. The molecule has 32 heavy (non-hydrogen) atoms. The molecule has 3 aromatic rings. The van der Waals surface area contributed by atoms with Gasteiger partial charge in [0, 0.05) is 24.7 Å². The molecule has 1 aliphatic rings. The van der Waals surface area contributed by atoms with Crippen molar-refractivity contribution in [2.45, 2.75) is 25.3 Å². The van der Waals surface area contributed by atoms with E-state index in [4.69, 9.17) is 4.74 Å². The molecule has 1 heterocycles. The van der Waals surface area contributed by atoms with Gasteiger partial charge in [-0.2, -0.15) is 0 Å². The molecule has 0 radical (unpaired) electrons. The standard InChI is InChI=1S/C27H28N2O3/c30-26(17-20-32-25-9-5-2-6-10-25)28-24-15-18-29(19-16-24)27(31)23-13-11-22(12-14-23)21-7-3-1-4-8-21/h1-14,24H,15-20H2,(H,28,30). The number of nitrogens with zero attached hydrogens (tertiary/aromatic N) is 1. The molecule has 5 heteroatoms. The first-order valence-corrected chi connectivity index (χ1v) is 11.1. The van der Waals surface area contributed by atoms with Gasteiger partial charge in [-0.3, -0.25) is 9.59 Å². The van der Waals surface area contributed by atoms with E-state index in [2.05, 4.69) is 17.4 Å².